The van der Waals surface area contributed by atoms with E-state index in [2.05, 4.69) is 11.6 Å². The van der Waals surface area contributed by atoms with E-state index >= 15 is 0 Å². The number of carbonyl (C=O) groups excluding carboxylic acids is 1. The Hall–Kier alpha value is -2.34. The van der Waals surface area contributed by atoms with Gasteiger partial charge in [0.05, 0.1) is 4.90 Å². The molecule has 0 aliphatic rings. The van der Waals surface area contributed by atoms with Gasteiger partial charge in [-0.25, -0.2) is 9.00 Å². The molecule has 0 aromatic heterocycles. The van der Waals surface area contributed by atoms with Crippen molar-refractivity contribution in [1.29, 1.82) is 0 Å². The lowest BCUT2D eigenvalue weighted by molar-refractivity contribution is 0.0249. The van der Waals surface area contributed by atoms with Gasteiger partial charge in [-0.2, -0.15) is 0 Å². The smallest absolute Gasteiger partial charge is 0.410 e. The van der Waals surface area contributed by atoms with Crippen LogP contribution in [0.15, 0.2) is 53.4 Å². The molecule has 1 N–H and O–H groups in total. The average Bonchev–Trinajstić information content (AvgIpc) is 2.67. The van der Waals surface area contributed by atoms with Gasteiger partial charge in [-0.3, -0.25) is 0 Å². The topological polar surface area (TPSA) is 58.6 Å². The third-order valence-electron chi connectivity index (χ3n) is 4.48. The van der Waals surface area contributed by atoms with Crippen LogP contribution >= 0.6 is 0 Å². The predicted octanol–water partition coefficient (Wildman–Crippen LogP) is 5.71. The van der Waals surface area contributed by atoms with Crippen LogP contribution in [0, 0.1) is 6.92 Å². The molecule has 0 aliphatic heterocycles. The van der Waals surface area contributed by atoms with Gasteiger partial charge in [0.25, 0.3) is 0 Å². The van der Waals surface area contributed by atoms with E-state index in [1.807, 2.05) is 76.2 Å². The minimum Gasteiger partial charge on any atom is -0.444 e. The zero-order valence-electron chi connectivity index (χ0n) is 18.7. The van der Waals surface area contributed by atoms with Crippen LogP contribution in [0.2, 0.25) is 0 Å². The largest absolute Gasteiger partial charge is 0.444 e. The first kappa shape index (κ1) is 23.9. The van der Waals surface area contributed by atoms with Gasteiger partial charge < -0.3 is 14.4 Å². The average molecular weight is 431 g/mol. The van der Waals surface area contributed by atoms with Gasteiger partial charge in [0.1, 0.15) is 16.6 Å². The second kappa shape index (κ2) is 11.2. The maximum Gasteiger partial charge on any atom is 0.410 e. The van der Waals surface area contributed by atoms with E-state index in [9.17, 15) is 9.00 Å². The van der Waals surface area contributed by atoms with Crippen LogP contribution in [0.1, 0.15) is 51.7 Å². The molecule has 2 aromatic rings. The summed E-state index contributed by atoms with van der Waals surface area (Å²) in [6, 6.07) is 15.5. The molecular formula is C24H34N2O3S. The molecule has 0 heterocycles. The van der Waals surface area contributed by atoms with Gasteiger partial charge in [0.2, 0.25) is 0 Å². The molecule has 0 fully saturated rings. The van der Waals surface area contributed by atoms with Crippen LogP contribution < -0.4 is 4.72 Å². The summed E-state index contributed by atoms with van der Waals surface area (Å²) in [5, 5.41) is 0. The lowest BCUT2D eigenvalue weighted by Crippen LogP contribution is -2.38. The molecule has 1 atom stereocenters. The first-order valence-corrected chi connectivity index (χ1v) is 11.6. The number of hydrogen-bond donors (Lipinski definition) is 1. The minimum atomic E-state index is -1.32. The molecule has 0 bridgehead atoms. The van der Waals surface area contributed by atoms with Crippen molar-refractivity contribution in [1.82, 2.24) is 4.90 Å². The normalized spacial score (nSPS) is 12.3. The molecule has 1 unspecified atom stereocenters. The predicted molar refractivity (Wildman–Crippen MR) is 124 cm³/mol. The molecule has 1 amide bonds. The monoisotopic (exact) mass is 430 g/mol. The Balaban J connectivity index is 2.00. The third-order valence-corrected chi connectivity index (χ3v) is 5.60. The lowest BCUT2D eigenvalue weighted by Gasteiger charge is -2.27. The van der Waals surface area contributed by atoms with Crippen molar-refractivity contribution in [3.63, 3.8) is 0 Å². The zero-order valence-corrected chi connectivity index (χ0v) is 19.6. The fourth-order valence-corrected chi connectivity index (χ4v) is 3.69. The molecule has 0 saturated heterocycles. The van der Waals surface area contributed by atoms with Gasteiger partial charge in [-0.15, -0.1) is 0 Å². The number of hydrogen-bond acceptors (Lipinski definition) is 3. The Kier molecular flexibility index (Phi) is 8.90. The summed E-state index contributed by atoms with van der Waals surface area (Å²) >= 11 is 0. The highest BCUT2D eigenvalue weighted by Crippen LogP contribution is 2.17. The van der Waals surface area contributed by atoms with Crippen molar-refractivity contribution in [2.75, 3.05) is 17.8 Å². The standard InChI is InChI=1S/C24H34N2O3S/c1-6-7-16-26(23(27)29-24(3,4)5)17-15-20-9-8-10-21(18-20)25-30(28)22-13-11-19(2)12-14-22/h8-14,18,25H,6-7,15-17H2,1-5H3. The Labute approximate surface area is 183 Å². The molecular weight excluding hydrogens is 396 g/mol. The summed E-state index contributed by atoms with van der Waals surface area (Å²) in [5.74, 6) is 0. The Morgan fingerprint density at radius 3 is 2.43 bits per heavy atom. The van der Waals surface area contributed by atoms with Crippen molar-refractivity contribution in [3.8, 4) is 0 Å². The minimum absolute atomic E-state index is 0.272. The summed E-state index contributed by atoms with van der Waals surface area (Å²) in [4.78, 5) is 15.0. The molecule has 164 valence electrons. The highest BCUT2D eigenvalue weighted by molar-refractivity contribution is 7.86. The van der Waals surface area contributed by atoms with Gasteiger partial charge in [0, 0.05) is 18.8 Å². The van der Waals surface area contributed by atoms with E-state index in [-0.39, 0.29) is 6.09 Å². The Morgan fingerprint density at radius 2 is 1.80 bits per heavy atom. The van der Waals surface area contributed by atoms with Crippen LogP contribution in [0.5, 0.6) is 0 Å². The molecule has 0 radical (unpaired) electrons. The van der Waals surface area contributed by atoms with Crippen molar-refractivity contribution >= 4 is 22.8 Å². The second-order valence-electron chi connectivity index (χ2n) is 8.46. The van der Waals surface area contributed by atoms with Gasteiger partial charge in [0.15, 0.2) is 0 Å². The second-order valence-corrected chi connectivity index (χ2v) is 9.67. The number of anilines is 1. The van der Waals surface area contributed by atoms with Crippen LogP contribution in [0.3, 0.4) is 0 Å². The molecule has 0 saturated carbocycles. The first-order chi connectivity index (χ1) is 14.2. The number of nitrogens with zero attached hydrogens (tertiary/aromatic N) is 1. The number of amides is 1. The van der Waals surface area contributed by atoms with Crippen molar-refractivity contribution < 1.29 is 13.7 Å². The van der Waals surface area contributed by atoms with Crippen molar-refractivity contribution in [2.45, 2.75) is 64.4 Å². The Bertz CT molecular complexity index is 844. The van der Waals surface area contributed by atoms with Crippen LogP contribution in [-0.2, 0) is 22.1 Å². The summed E-state index contributed by atoms with van der Waals surface area (Å²) in [6.45, 7) is 11.0. The van der Waals surface area contributed by atoms with Gasteiger partial charge >= 0.3 is 6.09 Å². The van der Waals surface area contributed by atoms with E-state index in [0.29, 0.717) is 19.5 Å². The molecule has 0 aliphatic carbocycles. The summed E-state index contributed by atoms with van der Waals surface area (Å²) in [5.41, 5.74) is 2.50. The molecule has 5 nitrogen and oxygen atoms in total. The van der Waals surface area contributed by atoms with Gasteiger partial charge in [-0.1, -0.05) is 43.2 Å². The summed E-state index contributed by atoms with van der Waals surface area (Å²) < 4.78 is 21.2. The van der Waals surface area contributed by atoms with Crippen molar-refractivity contribution in [2.24, 2.45) is 0 Å². The number of ether oxygens (including phenoxy) is 1. The van der Waals surface area contributed by atoms with E-state index < -0.39 is 16.6 Å². The zero-order chi connectivity index (χ0) is 22.1. The quantitative estimate of drug-likeness (QED) is 0.554. The first-order valence-electron chi connectivity index (χ1n) is 10.5. The maximum atomic E-state index is 12.6. The highest BCUT2D eigenvalue weighted by Gasteiger charge is 2.21. The molecule has 2 aromatic carbocycles. The van der Waals surface area contributed by atoms with Crippen LogP contribution in [0.25, 0.3) is 0 Å². The van der Waals surface area contributed by atoms with E-state index in [1.165, 1.54) is 0 Å². The van der Waals surface area contributed by atoms with Crippen LogP contribution in [0.4, 0.5) is 10.5 Å². The number of benzene rings is 2. The number of unbranched alkanes of at least 4 members (excludes halogenated alkanes) is 1. The fraction of sp³-hybridized carbons (Fsp3) is 0.458. The molecule has 2 rings (SSSR count). The highest BCUT2D eigenvalue weighted by atomic mass is 32.2. The molecule has 0 spiro atoms. The summed E-state index contributed by atoms with van der Waals surface area (Å²) in [6.07, 6.45) is 2.39. The number of carbonyl (C=O) groups is 1. The number of nitrogens with one attached hydrogen (secondary N) is 1. The van der Waals surface area contributed by atoms with E-state index in [4.69, 9.17) is 4.74 Å². The van der Waals surface area contributed by atoms with Crippen LogP contribution in [-0.4, -0.2) is 33.9 Å². The molecule has 30 heavy (non-hydrogen) atoms. The van der Waals surface area contributed by atoms with Gasteiger partial charge in [-0.05, 0) is 70.4 Å². The maximum absolute atomic E-state index is 12.6. The number of aryl methyl sites for hydroxylation is 1. The van der Waals surface area contributed by atoms with E-state index in [0.717, 1.165) is 34.6 Å². The van der Waals surface area contributed by atoms with Crippen molar-refractivity contribution in [3.05, 3.63) is 59.7 Å². The summed E-state index contributed by atoms with van der Waals surface area (Å²) in [7, 11) is -1.32. The van der Waals surface area contributed by atoms with E-state index in [1.54, 1.807) is 4.90 Å². The third kappa shape index (κ3) is 8.19. The SMILES string of the molecule is CCCCN(CCc1cccc(NS(=O)c2ccc(C)cc2)c1)C(=O)OC(C)(C)C. The number of rotatable bonds is 9. The fourth-order valence-electron chi connectivity index (χ4n) is 2.85. The lowest BCUT2D eigenvalue weighted by atomic mass is 10.1. The molecule has 6 heteroatoms. The Morgan fingerprint density at radius 1 is 1.10 bits per heavy atom.